The fourth-order valence-electron chi connectivity index (χ4n) is 3.15. The first-order valence-corrected chi connectivity index (χ1v) is 12.5. The topological polar surface area (TPSA) is 171 Å². The number of aliphatic carboxylic acids is 1. The van der Waals surface area contributed by atoms with E-state index in [1.807, 2.05) is 20.1 Å². The Morgan fingerprint density at radius 2 is 1.50 bits per heavy atom. The molecule has 4 atom stereocenters. The molecule has 0 bridgehead atoms. The number of carboxylic acids is 1. The standard InChI is InChI=1S/C23H36N4O6S/c1-14(2)11-17(25-20(29)16(24)9-10-34-3)21(30)27-19(13-28)22(31)26-18(23(32)33)12-15-7-5-4-6-8-15/h4-8,14,16-19,28H,9-13,24H2,1-3H3,(H,25,29)(H,26,31)(H,27,30)(H,32,33). The van der Waals surface area contributed by atoms with E-state index in [2.05, 4.69) is 16.0 Å². The predicted octanol–water partition coefficient (Wildman–Crippen LogP) is -0.113. The smallest absolute Gasteiger partial charge is 0.326 e. The van der Waals surface area contributed by atoms with Crippen molar-refractivity contribution in [2.45, 2.75) is 57.3 Å². The molecular formula is C23H36N4O6S. The van der Waals surface area contributed by atoms with Gasteiger partial charge in [-0.05, 0) is 36.3 Å². The number of rotatable bonds is 15. The zero-order valence-electron chi connectivity index (χ0n) is 19.8. The van der Waals surface area contributed by atoms with Crippen LogP contribution in [-0.2, 0) is 25.6 Å². The summed E-state index contributed by atoms with van der Waals surface area (Å²) in [5.41, 5.74) is 6.59. The van der Waals surface area contributed by atoms with E-state index in [-0.39, 0.29) is 12.3 Å². The molecule has 0 aromatic heterocycles. The summed E-state index contributed by atoms with van der Waals surface area (Å²) in [6, 6.07) is 4.38. The Labute approximate surface area is 204 Å². The third-order valence-electron chi connectivity index (χ3n) is 5.02. The minimum absolute atomic E-state index is 0.0357. The van der Waals surface area contributed by atoms with Crippen molar-refractivity contribution >= 4 is 35.5 Å². The summed E-state index contributed by atoms with van der Waals surface area (Å²) in [4.78, 5) is 49.6. The number of carbonyl (C=O) groups excluding carboxylic acids is 3. The fourth-order valence-corrected chi connectivity index (χ4v) is 3.64. The SMILES string of the molecule is CSCCC(N)C(=O)NC(CC(C)C)C(=O)NC(CO)C(=O)NC(Cc1ccccc1)C(=O)O. The number of benzene rings is 1. The quantitative estimate of drug-likeness (QED) is 0.195. The van der Waals surface area contributed by atoms with Crippen LogP contribution in [0.2, 0.25) is 0 Å². The van der Waals surface area contributed by atoms with Gasteiger partial charge in [-0.15, -0.1) is 0 Å². The molecule has 1 aromatic rings. The number of nitrogens with one attached hydrogen (secondary N) is 3. The van der Waals surface area contributed by atoms with Crippen LogP contribution in [0.1, 0.15) is 32.3 Å². The predicted molar refractivity (Wildman–Crippen MR) is 131 cm³/mol. The van der Waals surface area contributed by atoms with Crippen molar-refractivity contribution in [1.29, 1.82) is 0 Å². The highest BCUT2D eigenvalue weighted by molar-refractivity contribution is 7.98. The van der Waals surface area contributed by atoms with E-state index in [0.717, 1.165) is 0 Å². The fraction of sp³-hybridized carbons (Fsp3) is 0.565. The Kier molecular flexibility index (Phi) is 13.2. The van der Waals surface area contributed by atoms with Gasteiger partial charge in [0, 0.05) is 6.42 Å². The van der Waals surface area contributed by atoms with Gasteiger partial charge in [-0.1, -0.05) is 44.2 Å². The van der Waals surface area contributed by atoms with Gasteiger partial charge >= 0.3 is 5.97 Å². The molecule has 0 spiro atoms. The average molecular weight is 497 g/mol. The van der Waals surface area contributed by atoms with Crippen molar-refractivity contribution in [2.75, 3.05) is 18.6 Å². The Morgan fingerprint density at radius 3 is 2.03 bits per heavy atom. The highest BCUT2D eigenvalue weighted by atomic mass is 32.2. The highest BCUT2D eigenvalue weighted by Gasteiger charge is 2.30. The molecule has 0 saturated heterocycles. The second-order valence-electron chi connectivity index (χ2n) is 8.41. The van der Waals surface area contributed by atoms with Crippen LogP contribution in [0.4, 0.5) is 0 Å². The molecule has 0 aliphatic rings. The van der Waals surface area contributed by atoms with Gasteiger partial charge in [0.25, 0.3) is 0 Å². The molecule has 11 heteroatoms. The molecular weight excluding hydrogens is 460 g/mol. The van der Waals surface area contributed by atoms with Crippen LogP contribution in [0.15, 0.2) is 30.3 Å². The average Bonchev–Trinajstić information content (AvgIpc) is 2.79. The molecule has 34 heavy (non-hydrogen) atoms. The van der Waals surface area contributed by atoms with Crippen molar-refractivity contribution in [3.05, 3.63) is 35.9 Å². The molecule has 1 rings (SSSR count). The number of carbonyl (C=O) groups is 4. The monoisotopic (exact) mass is 496 g/mol. The third-order valence-corrected chi connectivity index (χ3v) is 5.67. The maximum atomic E-state index is 12.9. The summed E-state index contributed by atoms with van der Waals surface area (Å²) in [7, 11) is 0. The second-order valence-corrected chi connectivity index (χ2v) is 9.40. The van der Waals surface area contributed by atoms with Crippen molar-refractivity contribution in [2.24, 2.45) is 11.7 Å². The highest BCUT2D eigenvalue weighted by Crippen LogP contribution is 2.08. The summed E-state index contributed by atoms with van der Waals surface area (Å²) in [5.74, 6) is -2.50. The lowest BCUT2D eigenvalue weighted by Gasteiger charge is -2.25. The maximum Gasteiger partial charge on any atom is 0.326 e. The summed E-state index contributed by atoms with van der Waals surface area (Å²) in [6.45, 7) is 3.00. The summed E-state index contributed by atoms with van der Waals surface area (Å²) in [5, 5.41) is 26.6. The number of amides is 3. The molecule has 3 amide bonds. The Morgan fingerprint density at radius 1 is 0.941 bits per heavy atom. The minimum Gasteiger partial charge on any atom is -0.480 e. The first-order valence-electron chi connectivity index (χ1n) is 11.1. The lowest BCUT2D eigenvalue weighted by molar-refractivity contribution is -0.142. The van der Waals surface area contributed by atoms with Crippen LogP contribution in [0, 0.1) is 5.92 Å². The van der Waals surface area contributed by atoms with Crippen LogP contribution >= 0.6 is 11.8 Å². The van der Waals surface area contributed by atoms with E-state index in [4.69, 9.17) is 5.73 Å². The van der Waals surface area contributed by atoms with E-state index >= 15 is 0 Å². The van der Waals surface area contributed by atoms with E-state index < -0.39 is 54.5 Å². The maximum absolute atomic E-state index is 12.9. The minimum atomic E-state index is -1.39. The summed E-state index contributed by atoms with van der Waals surface area (Å²) < 4.78 is 0. The van der Waals surface area contributed by atoms with E-state index in [1.165, 1.54) is 0 Å². The molecule has 190 valence electrons. The molecule has 0 saturated carbocycles. The van der Waals surface area contributed by atoms with Gasteiger partial charge < -0.3 is 31.9 Å². The van der Waals surface area contributed by atoms with Crippen LogP contribution in [0.3, 0.4) is 0 Å². The van der Waals surface area contributed by atoms with Crippen molar-refractivity contribution < 1.29 is 29.4 Å². The van der Waals surface area contributed by atoms with Gasteiger partial charge in [-0.3, -0.25) is 14.4 Å². The molecule has 7 N–H and O–H groups in total. The zero-order valence-corrected chi connectivity index (χ0v) is 20.6. The summed E-state index contributed by atoms with van der Waals surface area (Å²) >= 11 is 1.55. The first-order chi connectivity index (χ1) is 16.1. The van der Waals surface area contributed by atoms with Crippen molar-refractivity contribution in [1.82, 2.24) is 16.0 Å². The molecule has 0 fully saturated rings. The number of carboxylic acid groups (broad SMARTS) is 1. The van der Waals surface area contributed by atoms with E-state index in [1.54, 1.807) is 42.1 Å². The molecule has 0 aliphatic heterocycles. The third kappa shape index (κ3) is 10.5. The number of aliphatic hydroxyl groups excluding tert-OH is 1. The Balaban J connectivity index is 2.84. The van der Waals surface area contributed by atoms with E-state index in [9.17, 15) is 29.4 Å². The summed E-state index contributed by atoms with van der Waals surface area (Å²) in [6.07, 6.45) is 2.67. The number of nitrogens with two attached hydrogens (primary N) is 1. The molecule has 1 aromatic carbocycles. The van der Waals surface area contributed by atoms with Gasteiger partial charge in [0.05, 0.1) is 12.6 Å². The number of hydrogen-bond acceptors (Lipinski definition) is 7. The second kappa shape index (κ2) is 15.3. The van der Waals surface area contributed by atoms with Gasteiger partial charge in [-0.25, -0.2) is 4.79 Å². The number of hydrogen-bond donors (Lipinski definition) is 6. The van der Waals surface area contributed by atoms with Crippen molar-refractivity contribution in [3.8, 4) is 0 Å². The Hall–Kier alpha value is -2.63. The molecule has 0 radical (unpaired) electrons. The van der Waals surface area contributed by atoms with Gasteiger partial charge in [-0.2, -0.15) is 11.8 Å². The largest absolute Gasteiger partial charge is 0.480 e. The molecule has 0 heterocycles. The Bertz CT molecular complexity index is 808. The molecule has 4 unspecified atom stereocenters. The zero-order chi connectivity index (χ0) is 25.7. The van der Waals surface area contributed by atoms with Gasteiger partial charge in [0.1, 0.15) is 18.1 Å². The number of aliphatic hydroxyl groups is 1. The van der Waals surface area contributed by atoms with Crippen LogP contribution < -0.4 is 21.7 Å². The number of thioether (sulfide) groups is 1. The lowest BCUT2D eigenvalue weighted by Crippen LogP contribution is -2.58. The molecule has 10 nitrogen and oxygen atoms in total. The van der Waals surface area contributed by atoms with E-state index in [0.29, 0.717) is 24.2 Å². The van der Waals surface area contributed by atoms with Crippen LogP contribution in [0.5, 0.6) is 0 Å². The lowest BCUT2D eigenvalue weighted by atomic mass is 10.0. The van der Waals surface area contributed by atoms with Crippen LogP contribution in [-0.4, -0.2) is 76.7 Å². The molecule has 0 aliphatic carbocycles. The van der Waals surface area contributed by atoms with Crippen molar-refractivity contribution in [3.63, 3.8) is 0 Å². The van der Waals surface area contributed by atoms with Gasteiger partial charge in [0.15, 0.2) is 0 Å². The van der Waals surface area contributed by atoms with Gasteiger partial charge in [0.2, 0.25) is 17.7 Å². The first kappa shape index (κ1) is 29.4. The van der Waals surface area contributed by atoms with Crippen LogP contribution in [0.25, 0.3) is 0 Å². The normalized spacial score (nSPS) is 14.5.